The Balaban J connectivity index is 0.000000139. The van der Waals surface area contributed by atoms with Gasteiger partial charge in [0, 0.05) is 56.0 Å². The van der Waals surface area contributed by atoms with Crippen LogP contribution in [-0.4, -0.2) is 48.3 Å². The van der Waals surface area contributed by atoms with Crippen LogP contribution in [0.4, 0.5) is 0 Å². The molecule has 10 nitrogen and oxygen atoms in total. The van der Waals surface area contributed by atoms with Crippen molar-refractivity contribution in [1.29, 1.82) is 0 Å². The van der Waals surface area contributed by atoms with Crippen molar-refractivity contribution in [3.8, 4) is 0 Å². The van der Waals surface area contributed by atoms with Crippen LogP contribution in [-0.2, 0) is 64.0 Å². The molecule has 0 radical (unpaired) electrons. The van der Waals surface area contributed by atoms with E-state index in [1.54, 1.807) is 9.36 Å². The fourth-order valence-corrected chi connectivity index (χ4v) is 10.0. The Kier molecular flexibility index (Phi) is 16.8. The summed E-state index contributed by atoms with van der Waals surface area (Å²) in [7, 11) is 0. The van der Waals surface area contributed by atoms with E-state index in [1.807, 2.05) is 36.7 Å². The van der Waals surface area contributed by atoms with Crippen LogP contribution in [0.2, 0.25) is 0 Å². The van der Waals surface area contributed by atoms with E-state index in [0.717, 1.165) is 44.7 Å². The molecule has 0 saturated heterocycles. The van der Waals surface area contributed by atoms with Crippen LogP contribution >= 0.6 is 0 Å². The van der Waals surface area contributed by atoms with E-state index >= 15 is 0 Å². The summed E-state index contributed by atoms with van der Waals surface area (Å²) in [5.74, 6) is 1.70. The second-order valence-electron chi connectivity index (χ2n) is 24.3. The first-order valence-corrected chi connectivity index (χ1v) is 27.3. The predicted octanol–water partition coefficient (Wildman–Crippen LogP) is 16.9. The van der Waals surface area contributed by atoms with Crippen molar-refractivity contribution >= 4 is 98.0 Å². The van der Waals surface area contributed by atoms with Crippen molar-refractivity contribution in [2.24, 2.45) is 0 Å². The first-order chi connectivity index (χ1) is 38.3. The third-order valence-corrected chi connectivity index (χ3v) is 14.2. The van der Waals surface area contributed by atoms with Crippen molar-refractivity contribution < 1.29 is 42.1 Å². The summed E-state index contributed by atoms with van der Waals surface area (Å²) in [4.78, 5) is 17.9. The maximum atomic E-state index is 4.76. The zero-order valence-corrected chi connectivity index (χ0v) is 53.0. The SMILES string of the molecule is CC(C)(C)c1n[c-]n(C(C)(C)C)n1.CC(C)(C)c1n[c-]n(C(C)(C)C)n1.[Pt+2].[Pt+2].[c-]1cccc2c3cccc4c5ccccc5ccc5cccnc5n(c12)c43.[c-]1cccc2c3cccc4c5ccccc5ccc5cccnc5n(c12)c43. The number of hydrogen-bond donors (Lipinski definition) is 0. The first-order valence-electron chi connectivity index (χ1n) is 27.3. The molecule has 0 bridgehead atoms. The number of rotatable bonds is 0. The predicted molar refractivity (Wildman–Crippen MR) is 331 cm³/mol. The monoisotopic (exact) mass is 1440 g/mol. The van der Waals surface area contributed by atoms with Crippen LogP contribution in [0.25, 0.3) is 98.0 Å². The van der Waals surface area contributed by atoms with Gasteiger partial charge >= 0.3 is 42.1 Å². The van der Waals surface area contributed by atoms with Crippen LogP contribution in [0.15, 0.2) is 182 Å². The molecule has 6 aromatic carbocycles. The minimum absolute atomic E-state index is 0. The van der Waals surface area contributed by atoms with Crippen LogP contribution < -0.4 is 0 Å². The van der Waals surface area contributed by atoms with Gasteiger partial charge in [0.15, 0.2) is 0 Å². The molecule has 0 N–H and O–H groups in total. The Bertz CT molecular complexity index is 4320. The molecule has 0 aliphatic heterocycles. The average molecular weight is 1440 g/mol. The molecular weight excluding hydrogens is 1370 g/mol. The van der Waals surface area contributed by atoms with E-state index in [1.165, 1.54) is 64.9 Å². The van der Waals surface area contributed by atoms with Crippen LogP contribution in [0, 0.1) is 24.8 Å². The van der Waals surface area contributed by atoms with Gasteiger partial charge in [-0.1, -0.05) is 162 Å². The van der Waals surface area contributed by atoms with Crippen molar-refractivity contribution in [3.63, 3.8) is 0 Å². The Morgan fingerprint density at radius 2 is 0.671 bits per heavy atom. The van der Waals surface area contributed by atoms with Crippen LogP contribution in [0.1, 0.15) is 94.7 Å². The average Bonchev–Trinajstić information content (AvgIpc) is 2.15. The zero-order valence-electron chi connectivity index (χ0n) is 48.4. The van der Waals surface area contributed by atoms with Gasteiger partial charge in [-0.05, 0) is 133 Å². The van der Waals surface area contributed by atoms with Gasteiger partial charge in [-0.3, -0.25) is 10.2 Å². The maximum Gasteiger partial charge on any atom is 2.00 e. The normalized spacial score (nSPS) is 12.0. The maximum absolute atomic E-state index is 4.76. The molecule has 82 heavy (non-hydrogen) atoms. The Morgan fingerprint density at radius 3 is 1.02 bits per heavy atom. The molecule has 14 rings (SSSR count). The van der Waals surface area contributed by atoms with Crippen molar-refractivity contribution in [2.45, 2.75) is 105 Å². The molecule has 0 unspecified atom stereocenters. The molecule has 8 aromatic heterocycles. The van der Waals surface area contributed by atoms with Gasteiger partial charge in [-0.25, -0.2) is 9.97 Å². The molecule has 0 amide bonds. The largest absolute Gasteiger partial charge is 2.00 e. The summed E-state index contributed by atoms with van der Waals surface area (Å²) in [6.45, 7) is 25.1. The van der Waals surface area contributed by atoms with Crippen molar-refractivity contribution in [3.05, 3.63) is 219 Å². The Morgan fingerprint density at radius 1 is 0.341 bits per heavy atom. The van der Waals surface area contributed by atoms with Gasteiger partial charge < -0.3 is 28.1 Å². The Labute approximate surface area is 508 Å². The van der Waals surface area contributed by atoms with Gasteiger partial charge in [0.25, 0.3) is 0 Å². The van der Waals surface area contributed by atoms with E-state index < -0.39 is 0 Å². The zero-order chi connectivity index (χ0) is 56.1. The van der Waals surface area contributed by atoms with Crippen molar-refractivity contribution in [2.75, 3.05) is 0 Å². The molecule has 12 heteroatoms. The summed E-state index contributed by atoms with van der Waals surface area (Å²) in [5.41, 5.74) is 6.33. The van der Waals surface area contributed by atoms with Crippen LogP contribution in [0.5, 0.6) is 0 Å². The molecule has 0 atom stereocenters. The number of nitrogens with zero attached hydrogens (tertiary/aromatic N) is 10. The minimum atomic E-state index is -0.0312. The van der Waals surface area contributed by atoms with Gasteiger partial charge in [0.05, 0.1) is 0 Å². The smallest absolute Gasteiger partial charge is 0.417 e. The number of fused-ring (bicyclic) bond motifs is 14. The van der Waals surface area contributed by atoms with E-state index in [9.17, 15) is 0 Å². The minimum Gasteiger partial charge on any atom is -0.417 e. The second-order valence-corrected chi connectivity index (χ2v) is 24.3. The summed E-state index contributed by atoms with van der Waals surface area (Å²) in [6, 6.07) is 66.5. The third-order valence-electron chi connectivity index (χ3n) is 14.2. The van der Waals surface area contributed by atoms with Crippen LogP contribution in [0.3, 0.4) is 0 Å². The molecule has 0 aliphatic carbocycles. The van der Waals surface area contributed by atoms with Crippen molar-refractivity contribution in [1.82, 2.24) is 48.3 Å². The van der Waals surface area contributed by atoms with E-state index in [2.05, 4.69) is 282 Å². The molecule has 8 heterocycles. The quantitative estimate of drug-likeness (QED) is 0.140. The van der Waals surface area contributed by atoms with Gasteiger partial charge in [0.1, 0.15) is 11.3 Å². The number of aromatic nitrogens is 10. The molecule has 416 valence electrons. The topological polar surface area (TPSA) is 96.0 Å². The summed E-state index contributed by atoms with van der Waals surface area (Å²) >= 11 is 0. The van der Waals surface area contributed by atoms with E-state index in [-0.39, 0.29) is 64.0 Å². The van der Waals surface area contributed by atoms with Gasteiger partial charge in [0.2, 0.25) is 0 Å². The fraction of sp³-hybridized carbons (Fsp3) is 0.229. The summed E-state index contributed by atoms with van der Waals surface area (Å²) in [6.07, 6.45) is 9.54. The van der Waals surface area contributed by atoms with Gasteiger partial charge in [-0.15, -0.1) is 10.8 Å². The molecule has 0 fully saturated rings. The molecule has 0 spiro atoms. The summed E-state index contributed by atoms with van der Waals surface area (Å²) < 4.78 is 8.10. The standard InChI is InChI=1S/2C25H15N2.2C10H18N3.2Pt/c2*1-2-9-19-17(7-1)14-15-18-8-6-16-26-25(18)27-23-13-4-3-10-20(23)22-12-5-11-21(19)24(22)27;2*1-9(2,3)8-11-7-13(12-8)10(4,5)6;;/h2*1-12,14-16H;2*1-6H3;;/q4*-1;2*+2. The number of para-hydroxylation sites is 4. The van der Waals surface area contributed by atoms with E-state index in [4.69, 9.17) is 9.97 Å². The van der Waals surface area contributed by atoms with Gasteiger partial charge in [-0.2, -0.15) is 48.5 Å². The molecule has 0 aliphatic rings. The summed E-state index contributed by atoms with van der Waals surface area (Å²) in [5, 5.41) is 23.2. The first kappa shape index (κ1) is 59.0. The third kappa shape index (κ3) is 11.6. The molecule has 0 saturated carbocycles. The second kappa shape index (κ2) is 23.3. The number of pyridine rings is 2. The van der Waals surface area contributed by atoms with E-state index in [0.29, 0.717) is 0 Å². The molecule has 14 aromatic rings. The number of hydrogen-bond acceptors (Lipinski definition) is 6. The number of benzene rings is 6. The molecular formula is C70H66N10Pt2. The fourth-order valence-electron chi connectivity index (χ4n) is 10.0. The Hall–Kier alpha value is -7.64.